The fourth-order valence-electron chi connectivity index (χ4n) is 3.76. The molecule has 3 rings (SSSR count). The van der Waals surface area contributed by atoms with Gasteiger partial charge in [-0.1, -0.05) is 44.4 Å². The lowest BCUT2D eigenvalue weighted by Gasteiger charge is -2.35. The van der Waals surface area contributed by atoms with Crippen LogP contribution in [0.1, 0.15) is 68.4 Å². The molecule has 1 aromatic carbocycles. The van der Waals surface area contributed by atoms with Crippen LogP contribution in [0.5, 0.6) is 0 Å². The van der Waals surface area contributed by atoms with Gasteiger partial charge in [0, 0.05) is 17.0 Å². The quantitative estimate of drug-likeness (QED) is 0.538. The Labute approximate surface area is 172 Å². The molecule has 5 heteroatoms. The third kappa shape index (κ3) is 5.66. The van der Waals surface area contributed by atoms with Gasteiger partial charge in [-0.25, -0.2) is 0 Å². The largest absolute Gasteiger partial charge is 0.388 e. The van der Waals surface area contributed by atoms with Crippen LogP contribution in [0.25, 0.3) is 0 Å². The van der Waals surface area contributed by atoms with Crippen molar-refractivity contribution in [1.82, 2.24) is 0 Å². The van der Waals surface area contributed by atoms with Crippen molar-refractivity contribution in [2.24, 2.45) is 0 Å². The molecule has 1 aromatic heterocycles. The molecule has 152 valence electrons. The Hall–Kier alpha value is -1.69. The zero-order valence-electron chi connectivity index (χ0n) is 16.7. The smallest absolute Gasteiger partial charge is 0.227 e. The summed E-state index contributed by atoms with van der Waals surface area (Å²) in [5.41, 5.74) is 1.83. The fraction of sp³-hybridized carbons (Fsp3) is 0.522. The number of amides is 1. The van der Waals surface area contributed by atoms with Crippen LogP contribution in [0.2, 0.25) is 0 Å². The first-order chi connectivity index (χ1) is 13.7. The lowest BCUT2D eigenvalue weighted by Crippen LogP contribution is -2.46. The number of carbonyl (C=O) groups excluding carboxylic acids is 1. The van der Waals surface area contributed by atoms with Gasteiger partial charge >= 0.3 is 0 Å². The number of aliphatic hydroxyl groups excluding tert-OH is 1. The van der Waals surface area contributed by atoms with E-state index in [4.69, 9.17) is 4.74 Å². The molecule has 1 N–H and O–H groups in total. The molecule has 1 saturated heterocycles. The molecule has 4 nitrogen and oxygen atoms in total. The van der Waals surface area contributed by atoms with Gasteiger partial charge in [0.05, 0.1) is 25.4 Å². The number of nitrogens with zero attached hydrogens (tertiary/aromatic N) is 1. The second-order valence-electron chi connectivity index (χ2n) is 7.51. The number of piperidine rings is 1. The van der Waals surface area contributed by atoms with Gasteiger partial charge in [-0.05, 0) is 48.4 Å². The van der Waals surface area contributed by atoms with Crippen LogP contribution < -0.4 is 4.90 Å². The van der Waals surface area contributed by atoms with E-state index in [0.717, 1.165) is 49.8 Å². The number of aliphatic hydroxyl groups is 1. The highest BCUT2D eigenvalue weighted by molar-refractivity contribution is 7.09. The number of thiophene rings is 1. The average Bonchev–Trinajstić information content (AvgIpc) is 3.22. The summed E-state index contributed by atoms with van der Waals surface area (Å²) in [4.78, 5) is 15.7. The zero-order valence-corrected chi connectivity index (χ0v) is 17.5. The molecule has 1 unspecified atom stereocenters. The SMILES string of the molecule is CCCCCC(O)c1ccc(N2C(=O)CCC[C@@H]2COCc2cccs2)cc1. The maximum atomic E-state index is 12.6. The molecule has 1 aliphatic heterocycles. The van der Waals surface area contributed by atoms with E-state index in [-0.39, 0.29) is 11.9 Å². The third-order valence-electron chi connectivity index (χ3n) is 5.33. The maximum Gasteiger partial charge on any atom is 0.227 e. The minimum Gasteiger partial charge on any atom is -0.388 e. The number of unbranched alkanes of at least 4 members (excludes halogenated alkanes) is 2. The molecule has 0 spiro atoms. The third-order valence-corrected chi connectivity index (χ3v) is 6.18. The molecule has 0 saturated carbocycles. The van der Waals surface area contributed by atoms with Crippen molar-refractivity contribution in [3.63, 3.8) is 0 Å². The van der Waals surface area contributed by atoms with Gasteiger partial charge in [0.15, 0.2) is 0 Å². The predicted octanol–water partition coefficient (Wildman–Crippen LogP) is 5.46. The molecular weight excluding hydrogens is 370 g/mol. The lowest BCUT2D eigenvalue weighted by molar-refractivity contribution is -0.120. The summed E-state index contributed by atoms with van der Waals surface area (Å²) in [6.07, 6.45) is 6.14. The molecule has 1 aliphatic rings. The van der Waals surface area contributed by atoms with Crippen LogP contribution in [0.15, 0.2) is 41.8 Å². The van der Waals surface area contributed by atoms with Crippen molar-refractivity contribution in [2.75, 3.05) is 11.5 Å². The Morgan fingerprint density at radius 1 is 1.25 bits per heavy atom. The van der Waals surface area contributed by atoms with E-state index in [1.165, 1.54) is 4.88 Å². The van der Waals surface area contributed by atoms with Crippen molar-refractivity contribution in [3.8, 4) is 0 Å². The first-order valence-corrected chi connectivity index (χ1v) is 11.3. The van der Waals surface area contributed by atoms with Crippen LogP contribution in [0.4, 0.5) is 5.69 Å². The van der Waals surface area contributed by atoms with Crippen LogP contribution >= 0.6 is 11.3 Å². The highest BCUT2D eigenvalue weighted by atomic mass is 32.1. The lowest BCUT2D eigenvalue weighted by atomic mass is 9.99. The van der Waals surface area contributed by atoms with Crippen LogP contribution in [-0.4, -0.2) is 23.7 Å². The molecule has 0 radical (unpaired) electrons. The number of rotatable bonds is 10. The van der Waals surface area contributed by atoms with Crippen molar-refractivity contribution >= 4 is 22.9 Å². The molecule has 2 heterocycles. The second-order valence-corrected chi connectivity index (χ2v) is 8.54. The first-order valence-electron chi connectivity index (χ1n) is 10.4. The van der Waals surface area contributed by atoms with Gasteiger partial charge in [0.1, 0.15) is 0 Å². The summed E-state index contributed by atoms with van der Waals surface area (Å²) < 4.78 is 5.91. The van der Waals surface area contributed by atoms with Crippen molar-refractivity contribution in [2.45, 2.75) is 70.6 Å². The molecule has 1 fully saturated rings. The van der Waals surface area contributed by atoms with E-state index in [1.807, 2.05) is 40.6 Å². The summed E-state index contributed by atoms with van der Waals surface area (Å²) >= 11 is 1.69. The Bertz CT molecular complexity index is 714. The molecule has 2 atom stereocenters. The number of hydrogen-bond donors (Lipinski definition) is 1. The van der Waals surface area contributed by atoms with Gasteiger partial charge in [0.25, 0.3) is 0 Å². The van der Waals surface area contributed by atoms with Gasteiger partial charge in [-0.15, -0.1) is 11.3 Å². The van der Waals surface area contributed by atoms with E-state index in [1.54, 1.807) is 11.3 Å². The van der Waals surface area contributed by atoms with Crippen molar-refractivity contribution in [1.29, 1.82) is 0 Å². The average molecular weight is 402 g/mol. The Morgan fingerprint density at radius 3 is 2.79 bits per heavy atom. The maximum absolute atomic E-state index is 12.6. The molecule has 28 heavy (non-hydrogen) atoms. The van der Waals surface area contributed by atoms with Crippen LogP contribution in [0, 0.1) is 0 Å². The highest BCUT2D eigenvalue weighted by Crippen LogP contribution is 2.28. The van der Waals surface area contributed by atoms with Gasteiger partial charge < -0.3 is 14.7 Å². The number of carbonyl (C=O) groups is 1. The number of benzene rings is 1. The van der Waals surface area contributed by atoms with Gasteiger partial charge in [-0.3, -0.25) is 4.79 Å². The van der Waals surface area contributed by atoms with E-state index in [0.29, 0.717) is 19.6 Å². The Kier molecular flexibility index (Phi) is 8.07. The van der Waals surface area contributed by atoms with Gasteiger partial charge in [0.2, 0.25) is 5.91 Å². The highest BCUT2D eigenvalue weighted by Gasteiger charge is 2.29. The first kappa shape index (κ1) is 21.0. The molecule has 0 bridgehead atoms. The van der Waals surface area contributed by atoms with Crippen molar-refractivity contribution in [3.05, 3.63) is 52.2 Å². The molecule has 2 aromatic rings. The summed E-state index contributed by atoms with van der Waals surface area (Å²) in [5, 5.41) is 12.4. The van der Waals surface area contributed by atoms with Crippen LogP contribution in [0.3, 0.4) is 0 Å². The zero-order chi connectivity index (χ0) is 19.8. The summed E-state index contributed by atoms with van der Waals surface area (Å²) in [6.45, 7) is 3.31. The fourth-order valence-corrected chi connectivity index (χ4v) is 4.40. The number of anilines is 1. The Morgan fingerprint density at radius 2 is 2.07 bits per heavy atom. The molecule has 0 aliphatic carbocycles. The normalized spacial score (nSPS) is 18.4. The number of hydrogen-bond acceptors (Lipinski definition) is 4. The molecule has 1 amide bonds. The minimum absolute atomic E-state index is 0.0709. The van der Waals surface area contributed by atoms with E-state index in [2.05, 4.69) is 13.0 Å². The second kappa shape index (κ2) is 10.7. The molecular formula is C23H31NO3S. The number of ether oxygens (including phenoxy) is 1. The van der Waals surface area contributed by atoms with E-state index < -0.39 is 6.10 Å². The monoisotopic (exact) mass is 401 g/mol. The predicted molar refractivity (Wildman–Crippen MR) is 115 cm³/mol. The van der Waals surface area contributed by atoms with Crippen molar-refractivity contribution < 1.29 is 14.6 Å². The minimum atomic E-state index is -0.428. The summed E-state index contributed by atoms with van der Waals surface area (Å²) in [6, 6.07) is 12.0. The topological polar surface area (TPSA) is 49.8 Å². The van der Waals surface area contributed by atoms with E-state index >= 15 is 0 Å². The summed E-state index contributed by atoms with van der Waals surface area (Å²) in [7, 11) is 0. The van der Waals surface area contributed by atoms with Crippen LogP contribution in [-0.2, 0) is 16.1 Å². The Balaban J connectivity index is 1.61. The van der Waals surface area contributed by atoms with E-state index in [9.17, 15) is 9.90 Å². The van der Waals surface area contributed by atoms with Gasteiger partial charge in [-0.2, -0.15) is 0 Å². The standard InChI is InChI=1S/C23H31NO3S/c1-2-3-4-9-22(25)18-11-13-19(14-12-18)24-20(7-5-10-23(24)26)16-27-17-21-8-6-15-28-21/h6,8,11-15,20,22,25H,2-5,7,9-10,16-17H2,1H3/t20-,22?/m1/s1. The summed E-state index contributed by atoms with van der Waals surface area (Å²) in [5.74, 6) is 0.159.